The molecule has 6 rings (SSSR count). The number of hydrogen-bond donors (Lipinski definition) is 4. The average molecular weight is 551 g/mol. The maximum atomic E-state index is 11.5. The number of hydrogen-bond acceptors (Lipinski definition) is 4. The van der Waals surface area contributed by atoms with Gasteiger partial charge in [0.05, 0.1) is 0 Å². The molecule has 0 saturated carbocycles. The Morgan fingerprint density at radius 2 is 0.905 bits per heavy atom. The Hall–Kier alpha value is -5.48. The minimum Gasteiger partial charge on any atom is -0.508 e. The van der Waals surface area contributed by atoms with Gasteiger partial charge in [0, 0.05) is 17.0 Å². The topological polar surface area (TPSA) is 80.9 Å². The third-order valence-corrected chi connectivity index (χ3v) is 7.73. The lowest BCUT2D eigenvalue weighted by Crippen LogP contribution is -2.06. The first-order chi connectivity index (χ1) is 20.4. The first-order valence-corrected chi connectivity index (χ1v) is 13.8. The van der Waals surface area contributed by atoms with E-state index < -0.39 is 5.92 Å². The second kappa shape index (κ2) is 11.2. The second-order valence-electron chi connectivity index (χ2n) is 10.5. The van der Waals surface area contributed by atoms with Crippen LogP contribution in [0.25, 0.3) is 33.4 Å². The largest absolute Gasteiger partial charge is 0.508 e. The number of phenolic OH excluding ortho intramolecular Hbond substituents is 4. The fourth-order valence-electron chi connectivity index (χ4n) is 5.49. The first kappa shape index (κ1) is 26.7. The summed E-state index contributed by atoms with van der Waals surface area (Å²) < 4.78 is 0. The van der Waals surface area contributed by atoms with E-state index in [2.05, 4.69) is 24.3 Å². The van der Waals surface area contributed by atoms with Gasteiger partial charge in [-0.3, -0.25) is 0 Å². The Labute approximate surface area is 245 Å². The molecule has 0 radical (unpaired) electrons. The quantitative estimate of drug-likeness (QED) is 0.156. The fraction of sp³-hybridized carbons (Fsp3) is 0.0526. The molecule has 0 aliphatic rings. The monoisotopic (exact) mass is 550 g/mol. The van der Waals surface area contributed by atoms with Crippen LogP contribution in [0.15, 0.2) is 133 Å². The molecule has 0 saturated heterocycles. The third-order valence-electron chi connectivity index (χ3n) is 7.73. The van der Waals surface area contributed by atoms with Crippen LogP contribution in [-0.4, -0.2) is 20.4 Å². The summed E-state index contributed by atoms with van der Waals surface area (Å²) in [6.45, 7) is 1.87. The van der Waals surface area contributed by atoms with Crippen LogP contribution in [0.5, 0.6) is 23.0 Å². The van der Waals surface area contributed by atoms with Crippen molar-refractivity contribution >= 4 is 0 Å². The van der Waals surface area contributed by atoms with Crippen molar-refractivity contribution in [2.75, 3.05) is 0 Å². The highest BCUT2D eigenvalue weighted by molar-refractivity contribution is 5.72. The molecule has 4 nitrogen and oxygen atoms in total. The SMILES string of the molecule is Cc1cc(-c2ccc(O)cc2)cc(C(c2ccc(-c3ccccc3)cc2)c2cc(-c3ccc(O)cc3)ccc2O)c1O. The summed E-state index contributed by atoms with van der Waals surface area (Å²) >= 11 is 0. The van der Waals surface area contributed by atoms with E-state index in [1.54, 1.807) is 30.3 Å². The minimum absolute atomic E-state index is 0.113. The molecule has 4 N–H and O–H groups in total. The molecular formula is C38H30O4. The standard InChI is InChI=1S/C38H30O4/c1-24-21-31(28-13-18-33(40)19-14-28)23-35(38(24)42)37(29-9-7-26(8-10-29)25-5-3-2-4-6-25)34-22-30(15-20-36(34)41)27-11-16-32(39)17-12-27/h2-23,37,39-42H,1H3. The van der Waals surface area contributed by atoms with Gasteiger partial charge in [0.25, 0.3) is 0 Å². The normalized spacial score (nSPS) is 11.7. The molecule has 0 aliphatic heterocycles. The molecule has 0 heterocycles. The molecule has 0 fully saturated rings. The summed E-state index contributed by atoms with van der Waals surface area (Å²) in [7, 11) is 0. The van der Waals surface area contributed by atoms with Gasteiger partial charge in [-0.1, -0.05) is 84.9 Å². The van der Waals surface area contributed by atoms with E-state index in [0.717, 1.165) is 38.9 Å². The molecule has 42 heavy (non-hydrogen) atoms. The zero-order valence-corrected chi connectivity index (χ0v) is 23.1. The van der Waals surface area contributed by atoms with Crippen LogP contribution in [0.2, 0.25) is 0 Å². The van der Waals surface area contributed by atoms with Crippen molar-refractivity contribution in [1.82, 2.24) is 0 Å². The first-order valence-electron chi connectivity index (χ1n) is 13.8. The Balaban J connectivity index is 1.55. The van der Waals surface area contributed by atoms with Crippen LogP contribution in [0.1, 0.15) is 28.2 Å². The van der Waals surface area contributed by atoms with E-state index in [1.807, 2.05) is 85.8 Å². The van der Waals surface area contributed by atoms with Crippen LogP contribution in [0.3, 0.4) is 0 Å². The van der Waals surface area contributed by atoms with E-state index in [4.69, 9.17) is 0 Å². The van der Waals surface area contributed by atoms with Crippen LogP contribution in [0.4, 0.5) is 0 Å². The zero-order valence-electron chi connectivity index (χ0n) is 23.1. The van der Waals surface area contributed by atoms with E-state index in [0.29, 0.717) is 16.7 Å². The van der Waals surface area contributed by atoms with Gasteiger partial charge in [0.2, 0.25) is 0 Å². The van der Waals surface area contributed by atoms with Crippen LogP contribution >= 0.6 is 0 Å². The molecule has 206 valence electrons. The van der Waals surface area contributed by atoms with E-state index in [1.165, 1.54) is 0 Å². The number of aromatic hydroxyl groups is 4. The predicted molar refractivity (Wildman–Crippen MR) is 168 cm³/mol. The van der Waals surface area contributed by atoms with Gasteiger partial charge in [-0.15, -0.1) is 0 Å². The van der Waals surface area contributed by atoms with Crippen molar-refractivity contribution < 1.29 is 20.4 Å². The summed E-state index contributed by atoms with van der Waals surface area (Å²) in [6, 6.07) is 41.6. The molecule has 0 bridgehead atoms. The smallest absolute Gasteiger partial charge is 0.122 e. The molecule has 0 aliphatic carbocycles. The van der Waals surface area contributed by atoms with Crippen molar-refractivity contribution in [3.63, 3.8) is 0 Å². The summed E-state index contributed by atoms with van der Waals surface area (Å²) in [6.07, 6.45) is 0. The molecular weight excluding hydrogens is 520 g/mol. The highest BCUT2D eigenvalue weighted by atomic mass is 16.3. The molecule has 4 heteroatoms. The summed E-state index contributed by atoms with van der Waals surface area (Å²) in [5.41, 5.74) is 8.64. The lowest BCUT2D eigenvalue weighted by molar-refractivity contribution is 0.456. The molecule has 6 aromatic carbocycles. The lowest BCUT2D eigenvalue weighted by Gasteiger charge is -2.24. The van der Waals surface area contributed by atoms with Gasteiger partial charge in [-0.25, -0.2) is 0 Å². The predicted octanol–water partition coefficient (Wildman–Crippen LogP) is 9.00. The van der Waals surface area contributed by atoms with Crippen molar-refractivity contribution in [2.45, 2.75) is 12.8 Å². The van der Waals surface area contributed by atoms with Crippen molar-refractivity contribution in [1.29, 1.82) is 0 Å². The van der Waals surface area contributed by atoms with Crippen molar-refractivity contribution in [2.24, 2.45) is 0 Å². The number of rotatable bonds is 6. The summed E-state index contributed by atoms with van der Waals surface area (Å²) in [4.78, 5) is 0. The molecule has 6 aromatic rings. The van der Waals surface area contributed by atoms with E-state index >= 15 is 0 Å². The minimum atomic E-state index is -0.498. The Morgan fingerprint density at radius 1 is 0.429 bits per heavy atom. The van der Waals surface area contributed by atoms with Crippen LogP contribution < -0.4 is 0 Å². The summed E-state index contributed by atoms with van der Waals surface area (Å²) in [5, 5.41) is 42.4. The maximum Gasteiger partial charge on any atom is 0.122 e. The average Bonchev–Trinajstić information content (AvgIpc) is 3.02. The molecule has 0 spiro atoms. The van der Waals surface area contributed by atoms with Gasteiger partial charge in [0.1, 0.15) is 23.0 Å². The molecule has 1 atom stereocenters. The van der Waals surface area contributed by atoms with Crippen molar-refractivity contribution in [3.8, 4) is 56.4 Å². The Kier molecular flexibility index (Phi) is 7.12. The number of phenols is 4. The van der Waals surface area contributed by atoms with Gasteiger partial charge in [0.15, 0.2) is 0 Å². The Morgan fingerprint density at radius 3 is 1.52 bits per heavy atom. The third kappa shape index (κ3) is 5.30. The van der Waals surface area contributed by atoms with Crippen molar-refractivity contribution in [3.05, 3.63) is 156 Å². The van der Waals surface area contributed by atoms with Gasteiger partial charge in [-0.2, -0.15) is 0 Å². The zero-order chi connectivity index (χ0) is 29.2. The maximum absolute atomic E-state index is 11.5. The highest BCUT2D eigenvalue weighted by Gasteiger charge is 2.25. The second-order valence-corrected chi connectivity index (χ2v) is 10.5. The molecule has 0 aromatic heterocycles. The lowest BCUT2D eigenvalue weighted by atomic mass is 9.81. The fourth-order valence-corrected chi connectivity index (χ4v) is 5.49. The van der Waals surface area contributed by atoms with Crippen LogP contribution in [0, 0.1) is 6.92 Å². The Bertz CT molecular complexity index is 1840. The van der Waals surface area contributed by atoms with E-state index in [9.17, 15) is 20.4 Å². The van der Waals surface area contributed by atoms with Gasteiger partial charge in [-0.05, 0) is 100.0 Å². The molecule has 1 unspecified atom stereocenters. The van der Waals surface area contributed by atoms with Crippen LogP contribution in [-0.2, 0) is 0 Å². The summed E-state index contributed by atoms with van der Waals surface area (Å²) in [5.74, 6) is 0.135. The van der Waals surface area contributed by atoms with Gasteiger partial charge < -0.3 is 20.4 Å². The number of benzene rings is 6. The molecule has 0 amide bonds. The van der Waals surface area contributed by atoms with Gasteiger partial charge >= 0.3 is 0 Å². The van der Waals surface area contributed by atoms with E-state index in [-0.39, 0.29) is 23.0 Å². The highest BCUT2D eigenvalue weighted by Crippen LogP contribution is 2.45. The number of aryl methyl sites for hydroxylation is 1.